The van der Waals surface area contributed by atoms with E-state index in [4.69, 9.17) is 9.73 Å². The van der Waals surface area contributed by atoms with Gasteiger partial charge in [-0.15, -0.1) is 0 Å². The molecule has 0 amide bonds. The molecule has 28 heavy (non-hydrogen) atoms. The maximum absolute atomic E-state index is 12.5. The molecular formula is C23H21BrN2O2. The molecule has 0 unspecified atom stereocenters. The summed E-state index contributed by atoms with van der Waals surface area (Å²) < 4.78 is 5.03. The first-order chi connectivity index (χ1) is 13.7. The summed E-state index contributed by atoms with van der Waals surface area (Å²) in [6.07, 6.45) is 0.372. The van der Waals surface area contributed by atoms with Gasteiger partial charge in [-0.3, -0.25) is 9.98 Å². The highest BCUT2D eigenvalue weighted by atomic mass is 79.9. The molecule has 0 aliphatic rings. The van der Waals surface area contributed by atoms with Gasteiger partial charge in [0.1, 0.15) is 0 Å². The monoisotopic (exact) mass is 436 g/mol. The molecule has 3 aromatic rings. The largest absolute Gasteiger partial charge is 0.467 e. The number of hydrogen-bond donors (Lipinski definition) is 0. The Kier molecular flexibility index (Phi) is 7.09. The normalized spacial score (nSPS) is 11.5. The molecule has 0 bridgehead atoms. The molecule has 0 spiro atoms. The summed E-state index contributed by atoms with van der Waals surface area (Å²) in [6.45, 7) is 0. The fraction of sp³-hybridized carbons (Fsp3) is 0.174. The first-order valence-electron chi connectivity index (χ1n) is 8.98. The minimum absolute atomic E-state index is 0.372. The van der Waals surface area contributed by atoms with Crippen molar-refractivity contribution in [3.63, 3.8) is 0 Å². The van der Waals surface area contributed by atoms with Crippen molar-refractivity contribution in [3.8, 4) is 0 Å². The van der Waals surface area contributed by atoms with Crippen LogP contribution in [0.4, 0.5) is 0 Å². The van der Waals surface area contributed by atoms with Gasteiger partial charge in [0.2, 0.25) is 0 Å². The summed E-state index contributed by atoms with van der Waals surface area (Å²) in [5.74, 6) is -0.379. The zero-order valence-electron chi connectivity index (χ0n) is 15.6. The van der Waals surface area contributed by atoms with E-state index in [1.807, 2.05) is 78.9 Å². The number of rotatable bonds is 7. The Morgan fingerprint density at radius 3 is 2.04 bits per heavy atom. The van der Waals surface area contributed by atoms with Crippen LogP contribution in [0.3, 0.4) is 0 Å². The van der Waals surface area contributed by atoms with Crippen molar-refractivity contribution in [1.29, 1.82) is 0 Å². The van der Waals surface area contributed by atoms with Crippen LogP contribution in [0.2, 0.25) is 0 Å². The lowest BCUT2D eigenvalue weighted by Gasteiger charge is -2.14. The number of alkyl halides is 1. The van der Waals surface area contributed by atoms with Gasteiger partial charge < -0.3 is 4.74 Å². The van der Waals surface area contributed by atoms with Crippen LogP contribution in [0.5, 0.6) is 0 Å². The van der Waals surface area contributed by atoms with E-state index in [-0.39, 0.29) is 5.97 Å². The fourth-order valence-electron chi connectivity index (χ4n) is 2.90. The van der Waals surface area contributed by atoms with Crippen molar-refractivity contribution in [1.82, 2.24) is 4.98 Å². The maximum atomic E-state index is 12.5. The number of halogens is 1. The highest BCUT2D eigenvalue weighted by Gasteiger charge is 2.21. The number of nitrogens with zero attached hydrogens (tertiary/aromatic N) is 2. The van der Waals surface area contributed by atoms with Gasteiger partial charge in [-0.25, -0.2) is 4.79 Å². The molecule has 0 saturated heterocycles. The van der Waals surface area contributed by atoms with Crippen LogP contribution in [0.1, 0.15) is 22.5 Å². The smallest absolute Gasteiger partial charge is 0.331 e. The number of carbonyl (C=O) groups is 1. The number of hydrogen-bond acceptors (Lipinski definition) is 4. The Labute approximate surface area is 173 Å². The molecule has 2 aromatic carbocycles. The third kappa shape index (κ3) is 5.14. The molecule has 0 saturated carbocycles. The van der Waals surface area contributed by atoms with Gasteiger partial charge in [0.25, 0.3) is 0 Å². The van der Waals surface area contributed by atoms with E-state index in [0.717, 1.165) is 28.2 Å². The standard InChI is InChI=1S/C23H21BrN2O2/c1-28-23(27)21(15-19-13-8-14-20(16-24)25-19)26-22(17-9-4-2-5-10-17)18-11-6-3-7-12-18/h2-14,21H,15-16H2,1H3/t21-/m1/s1. The minimum atomic E-state index is -0.682. The van der Waals surface area contributed by atoms with E-state index in [0.29, 0.717) is 11.8 Å². The van der Waals surface area contributed by atoms with Crippen molar-refractivity contribution in [2.75, 3.05) is 7.11 Å². The summed E-state index contributed by atoms with van der Waals surface area (Å²) in [6, 6.07) is 24.8. The van der Waals surface area contributed by atoms with E-state index in [9.17, 15) is 4.79 Å². The lowest BCUT2D eigenvalue weighted by atomic mass is 10.0. The van der Waals surface area contributed by atoms with Crippen LogP contribution < -0.4 is 0 Å². The van der Waals surface area contributed by atoms with Gasteiger partial charge >= 0.3 is 5.97 Å². The molecule has 1 heterocycles. The second-order valence-corrected chi connectivity index (χ2v) is 6.77. The topological polar surface area (TPSA) is 51.5 Å². The van der Waals surface area contributed by atoms with Crippen molar-refractivity contribution in [3.05, 3.63) is 101 Å². The van der Waals surface area contributed by atoms with Crippen LogP contribution in [0.25, 0.3) is 0 Å². The van der Waals surface area contributed by atoms with Crippen LogP contribution in [-0.2, 0) is 21.3 Å². The first kappa shape index (κ1) is 20.0. The summed E-state index contributed by atoms with van der Waals surface area (Å²) in [4.78, 5) is 21.9. The molecule has 0 N–H and O–H groups in total. The molecule has 1 aromatic heterocycles. The Bertz CT molecular complexity index is 902. The lowest BCUT2D eigenvalue weighted by Crippen LogP contribution is -2.25. The molecule has 0 aliphatic carbocycles. The Hall–Kier alpha value is -2.79. The number of pyridine rings is 1. The van der Waals surface area contributed by atoms with Gasteiger partial charge in [-0.05, 0) is 12.1 Å². The third-order valence-corrected chi connectivity index (χ3v) is 4.83. The summed E-state index contributed by atoms with van der Waals surface area (Å²) in [7, 11) is 1.39. The lowest BCUT2D eigenvalue weighted by molar-refractivity contribution is -0.142. The molecular weight excluding hydrogens is 416 g/mol. The summed E-state index contributed by atoms with van der Waals surface area (Å²) in [5.41, 5.74) is 4.37. The zero-order valence-corrected chi connectivity index (χ0v) is 17.2. The van der Waals surface area contributed by atoms with Crippen LogP contribution in [0, 0.1) is 0 Å². The predicted octanol–water partition coefficient (Wildman–Crippen LogP) is 4.60. The van der Waals surface area contributed by atoms with Crippen LogP contribution >= 0.6 is 15.9 Å². The van der Waals surface area contributed by atoms with E-state index in [1.54, 1.807) is 0 Å². The van der Waals surface area contributed by atoms with Crippen molar-refractivity contribution < 1.29 is 9.53 Å². The molecule has 0 radical (unpaired) electrons. The average Bonchev–Trinajstić information content (AvgIpc) is 2.77. The van der Waals surface area contributed by atoms with E-state index in [1.165, 1.54) is 7.11 Å². The fourth-order valence-corrected chi connectivity index (χ4v) is 3.21. The number of aliphatic imine (C=N–C) groups is 1. The molecule has 4 nitrogen and oxygen atoms in total. The highest BCUT2D eigenvalue weighted by Crippen LogP contribution is 2.15. The van der Waals surface area contributed by atoms with Gasteiger partial charge in [-0.2, -0.15) is 0 Å². The second-order valence-electron chi connectivity index (χ2n) is 6.21. The van der Waals surface area contributed by atoms with Gasteiger partial charge in [0, 0.05) is 28.6 Å². The number of methoxy groups -OCH3 is 1. The highest BCUT2D eigenvalue weighted by molar-refractivity contribution is 9.08. The molecule has 0 fully saturated rings. The molecule has 0 aliphatic heterocycles. The molecule has 3 rings (SSSR count). The predicted molar refractivity (Wildman–Crippen MR) is 115 cm³/mol. The quantitative estimate of drug-likeness (QED) is 0.309. The minimum Gasteiger partial charge on any atom is -0.467 e. The zero-order chi connectivity index (χ0) is 19.8. The number of carbonyl (C=O) groups excluding carboxylic acids is 1. The Morgan fingerprint density at radius 2 is 1.50 bits per heavy atom. The SMILES string of the molecule is COC(=O)[C@@H](Cc1cccc(CBr)n1)N=C(c1ccccc1)c1ccccc1. The molecule has 1 atom stereocenters. The van der Waals surface area contributed by atoms with Crippen molar-refractivity contribution >= 4 is 27.6 Å². The maximum Gasteiger partial charge on any atom is 0.331 e. The second kappa shape index (κ2) is 9.95. The summed E-state index contributed by atoms with van der Waals surface area (Å²) >= 11 is 3.42. The van der Waals surface area contributed by atoms with Gasteiger partial charge in [0.15, 0.2) is 6.04 Å². The van der Waals surface area contributed by atoms with Gasteiger partial charge in [0.05, 0.1) is 18.5 Å². The number of aromatic nitrogens is 1. The number of esters is 1. The third-order valence-electron chi connectivity index (χ3n) is 4.26. The molecule has 5 heteroatoms. The van der Waals surface area contributed by atoms with Gasteiger partial charge in [-0.1, -0.05) is 82.7 Å². The summed E-state index contributed by atoms with van der Waals surface area (Å²) in [5, 5.41) is 0.659. The van der Waals surface area contributed by atoms with Crippen molar-refractivity contribution in [2.45, 2.75) is 17.8 Å². The Balaban J connectivity index is 2.03. The number of ether oxygens (including phenoxy) is 1. The Morgan fingerprint density at radius 1 is 0.929 bits per heavy atom. The van der Waals surface area contributed by atoms with Crippen molar-refractivity contribution in [2.24, 2.45) is 4.99 Å². The number of benzene rings is 2. The average molecular weight is 437 g/mol. The van der Waals surface area contributed by atoms with E-state index in [2.05, 4.69) is 20.9 Å². The van der Waals surface area contributed by atoms with E-state index < -0.39 is 6.04 Å². The first-order valence-corrected chi connectivity index (χ1v) is 10.1. The molecule has 142 valence electrons. The van der Waals surface area contributed by atoms with Crippen LogP contribution in [0.15, 0.2) is 83.9 Å². The van der Waals surface area contributed by atoms with E-state index >= 15 is 0 Å². The van der Waals surface area contributed by atoms with Crippen LogP contribution in [-0.4, -0.2) is 29.8 Å².